The largest absolute Gasteiger partial charge is 0.440 e. The van der Waals surface area contributed by atoms with E-state index in [0.717, 1.165) is 16.3 Å². The summed E-state index contributed by atoms with van der Waals surface area (Å²) in [5.74, 6) is 0.999. The van der Waals surface area contributed by atoms with Crippen molar-refractivity contribution in [2.45, 2.75) is 26.4 Å². The van der Waals surface area contributed by atoms with Crippen LogP contribution in [0.4, 0.5) is 0 Å². The van der Waals surface area contributed by atoms with Crippen molar-refractivity contribution in [2.24, 2.45) is 5.73 Å². The number of primary amides is 1. The lowest BCUT2D eigenvalue weighted by molar-refractivity contribution is -0.123. The number of ether oxygens (including phenoxy) is 1. The molecule has 2 N–H and O–H groups in total. The highest BCUT2D eigenvalue weighted by molar-refractivity contribution is 7.13. The maximum atomic E-state index is 11.5. The van der Waals surface area contributed by atoms with Crippen molar-refractivity contribution in [1.82, 2.24) is 9.88 Å². The molecule has 1 amide bonds. The fraction of sp³-hybridized carbons (Fsp3) is 0.467. The van der Waals surface area contributed by atoms with Crippen LogP contribution in [-0.4, -0.2) is 42.1 Å². The molecule has 0 aliphatic rings. The predicted molar refractivity (Wildman–Crippen MR) is 85.5 cm³/mol. The van der Waals surface area contributed by atoms with E-state index in [2.05, 4.69) is 4.98 Å². The number of carbonyl (C=O) groups is 1. The molecule has 120 valence electrons. The van der Waals surface area contributed by atoms with E-state index in [-0.39, 0.29) is 5.91 Å². The molecule has 0 aliphatic heterocycles. The zero-order chi connectivity index (χ0) is 16.1. The molecule has 6 nitrogen and oxygen atoms in total. The highest BCUT2D eigenvalue weighted by atomic mass is 32.1. The van der Waals surface area contributed by atoms with Gasteiger partial charge in [0.15, 0.2) is 0 Å². The number of nitrogens with zero attached hydrogens (tertiary/aromatic N) is 2. The van der Waals surface area contributed by atoms with Crippen LogP contribution in [-0.2, 0) is 16.1 Å². The normalized spacial score (nSPS) is 12.7. The molecular formula is C15H21N3O3S. The van der Waals surface area contributed by atoms with Crippen LogP contribution in [0.3, 0.4) is 0 Å². The highest BCUT2D eigenvalue weighted by Gasteiger charge is 2.22. The zero-order valence-electron chi connectivity index (χ0n) is 13.0. The van der Waals surface area contributed by atoms with Crippen molar-refractivity contribution >= 4 is 17.2 Å². The molecule has 1 atom stereocenters. The second-order valence-corrected chi connectivity index (χ2v) is 5.99. The average molecular weight is 323 g/mol. The molecule has 0 saturated carbocycles. The number of hydrogen-bond acceptors (Lipinski definition) is 6. The van der Waals surface area contributed by atoms with Crippen molar-refractivity contribution in [1.29, 1.82) is 0 Å². The van der Waals surface area contributed by atoms with Crippen LogP contribution in [0.5, 0.6) is 0 Å². The molecule has 0 bridgehead atoms. The molecule has 2 rings (SSSR count). The van der Waals surface area contributed by atoms with Crippen molar-refractivity contribution in [3.05, 3.63) is 29.0 Å². The van der Waals surface area contributed by atoms with E-state index in [4.69, 9.17) is 14.9 Å². The van der Waals surface area contributed by atoms with Crippen molar-refractivity contribution in [2.75, 3.05) is 20.3 Å². The zero-order valence-corrected chi connectivity index (χ0v) is 13.9. The van der Waals surface area contributed by atoms with Gasteiger partial charge in [0.25, 0.3) is 0 Å². The van der Waals surface area contributed by atoms with Gasteiger partial charge >= 0.3 is 0 Å². The van der Waals surface area contributed by atoms with Gasteiger partial charge in [-0.25, -0.2) is 4.98 Å². The fourth-order valence-corrected chi connectivity index (χ4v) is 2.72. The first-order valence-electron chi connectivity index (χ1n) is 7.05. The first-order chi connectivity index (χ1) is 10.5. The number of hydrogen-bond donors (Lipinski definition) is 1. The number of amides is 1. The Balaban J connectivity index is 2.17. The van der Waals surface area contributed by atoms with Gasteiger partial charge in [-0.2, -0.15) is 0 Å². The SMILES string of the molecule is COCCN(Cc1nc(-c2cccs2)oc1C)[C@H](C)C(N)=O. The Morgan fingerprint density at radius 3 is 2.95 bits per heavy atom. The van der Waals surface area contributed by atoms with Gasteiger partial charge in [-0.3, -0.25) is 9.69 Å². The van der Waals surface area contributed by atoms with Gasteiger partial charge in [-0.05, 0) is 25.3 Å². The molecule has 7 heteroatoms. The molecule has 2 heterocycles. The lowest BCUT2D eigenvalue weighted by Gasteiger charge is -2.25. The summed E-state index contributed by atoms with van der Waals surface area (Å²) < 4.78 is 10.8. The molecule has 0 aromatic carbocycles. The van der Waals surface area contributed by atoms with Crippen LogP contribution in [0.15, 0.2) is 21.9 Å². The molecule has 0 aliphatic carbocycles. The monoisotopic (exact) mass is 323 g/mol. The molecule has 2 aromatic heterocycles. The molecule has 0 saturated heterocycles. The number of aromatic nitrogens is 1. The summed E-state index contributed by atoms with van der Waals surface area (Å²) in [7, 11) is 1.63. The summed E-state index contributed by atoms with van der Waals surface area (Å²) >= 11 is 1.58. The summed E-state index contributed by atoms with van der Waals surface area (Å²) in [5.41, 5.74) is 6.23. The summed E-state index contributed by atoms with van der Waals surface area (Å²) in [4.78, 5) is 18.9. The van der Waals surface area contributed by atoms with Crippen LogP contribution in [0.25, 0.3) is 10.8 Å². The molecule has 0 radical (unpaired) electrons. The van der Waals surface area contributed by atoms with Gasteiger partial charge in [-0.1, -0.05) is 6.07 Å². The quantitative estimate of drug-likeness (QED) is 0.804. The Hall–Kier alpha value is -1.70. The first-order valence-corrected chi connectivity index (χ1v) is 7.93. The van der Waals surface area contributed by atoms with Gasteiger partial charge in [0, 0.05) is 20.2 Å². The number of aryl methyl sites for hydroxylation is 1. The highest BCUT2D eigenvalue weighted by Crippen LogP contribution is 2.26. The third-order valence-electron chi connectivity index (χ3n) is 3.52. The number of oxazole rings is 1. The molecular weight excluding hydrogens is 302 g/mol. The minimum Gasteiger partial charge on any atom is -0.440 e. The van der Waals surface area contributed by atoms with Crippen LogP contribution in [0.2, 0.25) is 0 Å². The van der Waals surface area contributed by atoms with E-state index >= 15 is 0 Å². The maximum absolute atomic E-state index is 11.5. The molecule has 22 heavy (non-hydrogen) atoms. The summed E-state index contributed by atoms with van der Waals surface area (Å²) in [6.07, 6.45) is 0. The van der Waals surface area contributed by atoms with Gasteiger partial charge < -0.3 is 14.9 Å². The van der Waals surface area contributed by atoms with Crippen molar-refractivity contribution in [3.8, 4) is 10.8 Å². The van der Waals surface area contributed by atoms with Crippen LogP contribution >= 0.6 is 11.3 Å². The summed E-state index contributed by atoms with van der Waals surface area (Å²) in [6, 6.07) is 3.53. The summed E-state index contributed by atoms with van der Waals surface area (Å²) in [5, 5.41) is 1.98. The Bertz CT molecular complexity index is 610. The Morgan fingerprint density at radius 2 is 2.36 bits per heavy atom. The second kappa shape index (κ2) is 7.53. The van der Waals surface area contributed by atoms with E-state index in [1.165, 1.54) is 0 Å². The lowest BCUT2D eigenvalue weighted by Crippen LogP contribution is -2.43. The average Bonchev–Trinajstić information content (AvgIpc) is 3.12. The van der Waals surface area contributed by atoms with Crippen molar-refractivity contribution in [3.63, 3.8) is 0 Å². The number of thiophene rings is 1. The second-order valence-electron chi connectivity index (χ2n) is 5.04. The minimum absolute atomic E-state index is 0.365. The lowest BCUT2D eigenvalue weighted by atomic mass is 10.2. The molecule has 0 spiro atoms. The van der Waals surface area contributed by atoms with Crippen LogP contribution in [0, 0.1) is 6.92 Å². The number of methoxy groups -OCH3 is 1. The topological polar surface area (TPSA) is 81.6 Å². The Morgan fingerprint density at radius 1 is 1.59 bits per heavy atom. The fourth-order valence-electron chi connectivity index (χ4n) is 2.07. The van der Waals surface area contributed by atoms with Gasteiger partial charge in [0.2, 0.25) is 11.8 Å². The molecule has 2 aromatic rings. The Labute approximate surface area is 133 Å². The van der Waals surface area contributed by atoms with E-state index in [1.807, 2.05) is 29.3 Å². The predicted octanol–water partition coefficient (Wildman–Crippen LogP) is 2.03. The van der Waals surface area contributed by atoms with E-state index < -0.39 is 6.04 Å². The van der Waals surface area contributed by atoms with Crippen LogP contribution < -0.4 is 5.73 Å². The van der Waals surface area contributed by atoms with Crippen molar-refractivity contribution < 1.29 is 13.9 Å². The summed E-state index contributed by atoms with van der Waals surface area (Å²) in [6.45, 7) is 5.28. The first kappa shape index (κ1) is 16.7. The Kier molecular flexibility index (Phi) is 5.70. The third kappa shape index (κ3) is 3.94. The standard InChI is InChI=1S/C15H21N3O3S/c1-10(14(16)19)18(6-7-20-3)9-12-11(2)21-15(17-12)13-5-4-8-22-13/h4-5,8,10H,6-7,9H2,1-3H3,(H2,16,19)/t10-/m1/s1. The number of rotatable bonds is 8. The van der Waals surface area contributed by atoms with Gasteiger partial charge in [0.1, 0.15) is 5.76 Å². The third-order valence-corrected chi connectivity index (χ3v) is 4.38. The minimum atomic E-state index is -0.392. The van der Waals surface area contributed by atoms with Gasteiger partial charge in [-0.15, -0.1) is 11.3 Å². The molecule has 0 unspecified atom stereocenters. The molecule has 0 fully saturated rings. The van der Waals surface area contributed by atoms with E-state index in [0.29, 0.717) is 25.6 Å². The van der Waals surface area contributed by atoms with Gasteiger partial charge in [0.05, 0.1) is 23.2 Å². The number of carbonyl (C=O) groups excluding carboxylic acids is 1. The number of nitrogens with two attached hydrogens (primary N) is 1. The van der Waals surface area contributed by atoms with E-state index in [9.17, 15) is 4.79 Å². The van der Waals surface area contributed by atoms with E-state index in [1.54, 1.807) is 25.4 Å². The van der Waals surface area contributed by atoms with Crippen LogP contribution in [0.1, 0.15) is 18.4 Å². The maximum Gasteiger partial charge on any atom is 0.236 e. The smallest absolute Gasteiger partial charge is 0.236 e.